The van der Waals surface area contributed by atoms with E-state index < -0.39 is 12.1 Å². The second-order valence-corrected chi connectivity index (χ2v) is 6.02. The number of nitrogens with one attached hydrogen (secondary N) is 1. The number of nitrogens with two attached hydrogens (primary N) is 1. The number of anilines is 1. The Bertz CT molecular complexity index is 623. The van der Waals surface area contributed by atoms with Crippen LogP contribution in [0.4, 0.5) is 18.9 Å². The predicted octanol–water partition coefficient (Wildman–Crippen LogP) is 2.11. The van der Waals surface area contributed by atoms with Crippen LogP contribution in [0.25, 0.3) is 0 Å². The lowest BCUT2D eigenvalue weighted by molar-refractivity contribution is -0.186. The van der Waals surface area contributed by atoms with Gasteiger partial charge in [-0.2, -0.15) is 13.2 Å². The summed E-state index contributed by atoms with van der Waals surface area (Å²) in [6.07, 6.45) is -3.97. The Hall–Kier alpha value is -2.25. The van der Waals surface area contributed by atoms with Crippen molar-refractivity contribution >= 4 is 17.5 Å². The highest BCUT2D eigenvalue weighted by molar-refractivity contribution is 5.96. The number of hydrogen-bond donors (Lipinski definition) is 2. The number of aryl methyl sites for hydroxylation is 1. The number of halogens is 3. The van der Waals surface area contributed by atoms with Gasteiger partial charge in [-0.25, -0.2) is 0 Å². The van der Waals surface area contributed by atoms with Gasteiger partial charge in [-0.3, -0.25) is 9.59 Å². The number of benzene rings is 1. The van der Waals surface area contributed by atoms with E-state index in [1.54, 1.807) is 25.1 Å². The molecule has 5 nitrogen and oxygen atoms in total. The summed E-state index contributed by atoms with van der Waals surface area (Å²) in [4.78, 5) is 24.2. The molecule has 0 spiro atoms. The fourth-order valence-corrected chi connectivity index (χ4v) is 2.74. The van der Waals surface area contributed by atoms with Crippen LogP contribution in [0.3, 0.4) is 0 Å². The van der Waals surface area contributed by atoms with Crippen LogP contribution in [-0.4, -0.2) is 42.5 Å². The van der Waals surface area contributed by atoms with Crippen molar-refractivity contribution in [3.8, 4) is 0 Å². The van der Waals surface area contributed by atoms with E-state index in [9.17, 15) is 22.8 Å². The first-order chi connectivity index (χ1) is 11.2. The minimum atomic E-state index is -4.83. The Balaban J connectivity index is 1.83. The average Bonchev–Trinajstić information content (AvgIpc) is 2.53. The van der Waals surface area contributed by atoms with Crippen molar-refractivity contribution < 1.29 is 22.8 Å². The number of hydrogen-bond acceptors (Lipinski definition) is 3. The molecule has 0 radical (unpaired) electrons. The quantitative estimate of drug-likeness (QED) is 0.826. The molecule has 2 rings (SSSR count). The highest BCUT2D eigenvalue weighted by Gasteiger charge is 2.43. The van der Waals surface area contributed by atoms with E-state index in [1.165, 1.54) is 0 Å². The minimum Gasteiger partial charge on any atom is -0.399 e. The van der Waals surface area contributed by atoms with E-state index in [2.05, 4.69) is 5.32 Å². The number of alkyl halides is 3. The molecule has 1 heterocycles. The summed E-state index contributed by atoms with van der Waals surface area (Å²) >= 11 is 0. The van der Waals surface area contributed by atoms with Gasteiger partial charge in [0.1, 0.15) is 0 Å². The van der Waals surface area contributed by atoms with Crippen molar-refractivity contribution in [2.45, 2.75) is 25.9 Å². The maximum Gasteiger partial charge on any atom is 0.471 e. The fraction of sp³-hybridized carbons (Fsp3) is 0.500. The van der Waals surface area contributed by atoms with Gasteiger partial charge in [-0.15, -0.1) is 0 Å². The number of carbonyl (C=O) groups is 2. The number of likely N-dealkylation sites (tertiary alicyclic amines) is 1. The first kappa shape index (κ1) is 18.1. The first-order valence-electron chi connectivity index (χ1n) is 7.69. The van der Waals surface area contributed by atoms with Crippen molar-refractivity contribution in [3.63, 3.8) is 0 Å². The molecule has 0 atom stereocenters. The van der Waals surface area contributed by atoms with E-state index >= 15 is 0 Å². The summed E-state index contributed by atoms with van der Waals surface area (Å²) in [6.45, 7) is 2.27. The van der Waals surface area contributed by atoms with Gasteiger partial charge < -0.3 is 16.0 Å². The van der Waals surface area contributed by atoms with Crippen LogP contribution in [0.5, 0.6) is 0 Å². The molecule has 8 heteroatoms. The second-order valence-electron chi connectivity index (χ2n) is 6.02. The average molecular weight is 343 g/mol. The summed E-state index contributed by atoms with van der Waals surface area (Å²) in [5.41, 5.74) is 7.45. The van der Waals surface area contributed by atoms with Crippen LogP contribution < -0.4 is 11.1 Å². The number of nitrogens with zero attached hydrogens (tertiary/aromatic N) is 1. The van der Waals surface area contributed by atoms with Crippen molar-refractivity contribution in [2.24, 2.45) is 5.92 Å². The molecule has 0 aliphatic carbocycles. The third kappa shape index (κ3) is 4.39. The monoisotopic (exact) mass is 343 g/mol. The normalized spacial score (nSPS) is 16.1. The maximum absolute atomic E-state index is 12.4. The zero-order valence-corrected chi connectivity index (χ0v) is 13.3. The fourth-order valence-electron chi connectivity index (χ4n) is 2.74. The lowest BCUT2D eigenvalue weighted by atomic mass is 9.96. The van der Waals surface area contributed by atoms with E-state index in [-0.39, 0.29) is 24.9 Å². The SMILES string of the molecule is Cc1ccc(N)cc1C(=O)NCC1CCN(C(=O)C(F)(F)F)CC1. The minimum absolute atomic E-state index is 0.0487. The van der Waals surface area contributed by atoms with Crippen LogP contribution in [0.1, 0.15) is 28.8 Å². The van der Waals surface area contributed by atoms with Gasteiger partial charge >= 0.3 is 12.1 Å². The lowest BCUT2D eigenvalue weighted by Gasteiger charge is -2.32. The van der Waals surface area contributed by atoms with Crippen molar-refractivity contribution in [1.82, 2.24) is 10.2 Å². The zero-order chi connectivity index (χ0) is 17.9. The Labute approximate surface area is 138 Å². The maximum atomic E-state index is 12.4. The Morgan fingerprint density at radius 3 is 2.50 bits per heavy atom. The standard InChI is InChI=1S/C16H20F3N3O2/c1-10-2-3-12(20)8-13(10)14(23)21-9-11-4-6-22(7-5-11)15(24)16(17,18)19/h2-3,8,11H,4-7,9,20H2,1H3,(H,21,23). The van der Waals surface area contributed by atoms with Gasteiger partial charge in [0.05, 0.1) is 0 Å². The summed E-state index contributed by atoms with van der Waals surface area (Å²) in [5.74, 6) is -2.00. The van der Waals surface area contributed by atoms with Crippen molar-refractivity contribution in [3.05, 3.63) is 29.3 Å². The molecule has 0 aromatic heterocycles. The van der Waals surface area contributed by atoms with E-state index in [1.807, 2.05) is 0 Å². The number of amides is 2. The molecule has 1 aromatic rings. The van der Waals surface area contributed by atoms with Gasteiger partial charge in [-0.1, -0.05) is 6.07 Å². The first-order valence-corrected chi connectivity index (χ1v) is 7.69. The molecule has 1 fully saturated rings. The third-order valence-electron chi connectivity index (χ3n) is 4.20. The van der Waals surface area contributed by atoms with Crippen LogP contribution in [0.2, 0.25) is 0 Å². The van der Waals surface area contributed by atoms with E-state index in [0.29, 0.717) is 30.6 Å². The van der Waals surface area contributed by atoms with Crippen LogP contribution in [0.15, 0.2) is 18.2 Å². The number of rotatable bonds is 3. The van der Waals surface area contributed by atoms with Crippen LogP contribution in [-0.2, 0) is 4.79 Å². The summed E-state index contributed by atoms with van der Waals surface area (Å²) in [5, 5.41) is 2.79. The number of piperidine rings is 1. The summed E-state index contributed by atoms with van der Waals surface area (Å²) in [6, 6.07) is 5.06. The third-order valence-corrected chi connectivity index (χ3v) is 4.20. The predicted molar refractivity (Wildman–Crippen MR) is 83.3 cm³/mol. The molecule has 132 valence electrons. The van der Waals surface area contributed by atoms with Gasteiger partial charge in [0, 0.05) is 30.9 Å². The van der Waals surface area contributed by atoms with E-state index in [0.717, 1.165) is 10.5 Å². The molecule has 3 N–H and O–H groups in total. The Morgan fingerprint density at radius 1 is 1.29 bits per heavy atom. The molecule has 2 amide bonds. The molecule has 1 aromatic carbocycles. The molecular formula is C16H20F3N3O2. The Morgan fingerprint density at radius 2 is 1.92 bits per heavy atom. The van der Waals surface area contributed by atoms with Gasteiger partial charge in [-0.05, 0) is 43.4 Å². The zero-order valence-electron chi connectivity index (χ0n) is 13.3. The number of nitrogen functional groups attached to an aromatic ring is 1. The van der Waals surface area contributed by atoms with Crippen molar-refractivity contribution in [2.75, 3.05) is 25.4 Å². The van der Waals surface area contributed by atoms with Crippen molar-refractivity contribution in [1.29, 1.82) is 0 Å². The molecule has 1 aliphatic heterocycles. The molecule has 24 heavy (non-hydrogen) atoms. The van der Waals surface area contributed by atoms with Gasteiger partial charge in [0.25, 0.3) is 5.91 Å². The smallest absolute Gasteiger partial charge is 0.399 e. The lowest BCUT2D eigenvalue weighted by Crippen LogP contribution is -2.46. The van der Waals surface area contributed by atoms with Gasteiger partial charge in [0.15, 0.2) is 0 Å². The van der Waals surface area contributed by atoms with E-state index in [4.69, 9.17) is 5.73 Å². The number of carbonyl (C=O) groups excluding carboxylic acids is 2. The summed E-state index contributed by atoms with van der Waals surface area (Å²) in [7, 11) is 0. The molecule has 0 unspecified atom stereocenters. The largest absolute Gasteiger partial charge is 0.471 e. The molecule has 0 saturated carbocycles. The highest BCUT2D eigenvalue weighted by Crippen LogP contribution is 2.23. The topological polar surface area (TPSA) is 75.4 Å². The molecule has 1 aliphatic rings. The molecule has 0 bridgehead atoms. The second kappa shape index (κ2) is 7.11. The summed E-state index contributed by atoms with van der Waals surface area (Å²) < 4.78 is 37.2. The van der Waals surface area contributed by atoms with Crippen LogP contribution in [0, 0.1) is 12.8 Å². The molecule has 1 saturated heterocycles. The molecular weight excluding hydrogens is 323 g/mol. The van der Waals surface area contributed by atoms with Crippen LogP contribution >= 0.6 is 0 Å². The van der Waals surface area contributed by atoms with Gasteiger partial charge in [0.2, 0.25) is 0 Å². The Kier molecular flexibility index (Phi) is 5.36. The highest BCUT2D eigenvalue weighted by atomic mass is 19.4.